The first-order chi connectivity index (χ1) is 22.6. The molecule has 1 rings (SSSR count). The monoisotopic (exact) mass is 666 g/mol. The van der Waals surface area contributed by atoms with E-state index < -0.39 is 36.5 Å². The number of allylic oxidation sites excluding steroid dienone is 9. The van der Waals surface area contributed by atoms with Crippen molar-refractivity contribution in [3.63, 3.8) is 0 Å². The van der Waals surface area contributed by atoms with E-state index in [1.165, 1.54) is 6.08 Å². The molecule has 0 saturated heterocycles. The lowest BCUT2D eigenvalue weighted by Crippen LogP contribution is -2.32. The highest BCUT2D eigenvalue weighted by atomic mass is 16.5. The maximum absolute atomic E-state index is 13.0. The standard InChI is InChI=1S/C42H66O6/c1-10-32(5)39(45)25-22-30(3)16-13-17-31(4)27-36(9)41-28-40(46)33(6)18-12-11-15-29(2)21-23-34(7)37(43)19-14-20-38(44)35(8)24-26-42(47)48-41/h11-19,22-26,29,31-33,35-41,43-46H,10,20-21,27-28H2,1-9H3/b15-11+,17-13+,18-12+,19-14+,25-22+,26-24+,30-16+,34-23+. The van der Waals surface area contributed by atoms with Crippen LogP contribution in [0.1, 0.15) is 94.4 Å². The van der Waals surface area contributed by atoms with E-state index in [2.05, 4.69) is 39.8 Å². The van der Waals surface area contributed by atoms with Gasteiger partial charge in [-0.15, -0.1) is 0 Å². The average molecular weight is 667 g/mol. The molecule has 6 nitrogen and oxygen atoms in total. The zero-order valence-corrected chi connectivity index (χ0v) is 31.1. The molecule has 1 aliphatic rings. The van der Waals surface area contributed by atoms with Crippen molar-refractivity contribution in [1.29, 1.82) is 0 Å². The minimum atomic E-state index is -0.722. The molecule has 48 heavy (non-hydrogen) atoms. The van der Waals surface area contributed by atoms with E-state index >= 15 is 0 Å². The van der Waals surface area contributed by atoms with Gasteiger partial charge in [0, 0.05) is 24.3 Å². The zero-order valence-electron chi connectivity index (χ0n) is 31.1. The van der Waals surface area contributed by atoms with Gasteiger partial charge in [0.1, 0.15) is 6.10 Å². The first-order valence-corrected chi connectivity index (χ1v) is 18.0. The molecule has 0 aromatic rings. The Morgan fingerprint density at radius 1 is 0.958 bits per heavy atom. The van der Waals surface area contributed by atoms with E-state index in [0.29, 0.717) is 12.8 Å². The average Bonchev–Trinajstić information content (AvgIpc) is 3.05. The van der Waals surface area contributed by atoms with E-state index in [-0.39, 0.29) is 35.5 Å². The van der Waals surface area contributed by atoms with Gasteiger partial charge >= 0.3 is 5.97 Å². The molecule has 0 bridgehead atoms. The Morgan fingerprint density at radius 2 is 1.62 bits per heavy atom. The molecule has 6 heteroatoms. The van der Waals surface area contributed by atoms with Gasteiger partial charge in [0.2, 0.25) is 0 Å². The normalized spacial score (nSPS) is 34.1. The van der Waals surface area contributed by atoms with Crippen molar-refractivity contribution in [3.8, 4) is 0 Å². The Morgan fingerprint density at radius 3 is 2.31 bits per heavy atom. The molecular weight excluding hydrogens is 600 g/mol. The Hall–Kier alpha value is -2.77. The fraction of sp³-hybridized carbons (Fsp3) is 0.595. The van der Waals surface area contributed by atoms with Crippen LogP contribution in [0.3, 0.4) is 0 Å². The molecule has 1 aliphatic heterocycles. The van der Waals surface area contributed by atoms with E-state index in [4.69, 9.17) is 4.74 Å². The lowest BCUT2D eigenvalue weighted by molar-refractivity contribution is -0.147. The maximum atomic E-state index is 13.0. The molecule has 11 atom stereocenters. The van der Waals surface area contributed by atoms with E-state index in [1.54, 1.807) is 18.2 Å². The summed E-state index contributed by atoms with van der Waals surface area (Å²) in [5.41, 5.74) is 1.90. The highest BCUT2D eigenvalue weighted by Gasteiger charge is 2.27. The summed E-state index contributed by atoms with van der Waals surface area (Å²) < 4.78 is 5.97. The summed E-state index contributed by atoms with van der Waals surface area (Å²) >= 11 is 0. The summed E-state index contributed by atoms with van der Waals surface area (Å²) in [4.78, 5) is 13.0. The predicted octanol–water partition coefficient (Wildman–Crippen LogP) is 8.37. The van der Waals surface area contributed by atoms with Crippen molar-refractivity contribution in [2.75, 3.05) is 0 Å². The van der Waals surface area contributed by atoms with Gasteiger partial charge in [-0.05, 0) is 62.4 Å². The number of esters is 1. The van der Waals surface area contributed by atoms with Gasteiger partial charge in [0.25, 0.3) is 0 Å². The highest BCUT2D eigenvalue weighted by molar-refractivity contribution is 5.82. The molecule has 4 N–H and O–H groups in total. The molecule has 0 fully saturated rings. The molecule has 0 spiro atoms. The predicted molar refractivity (Wildman–Crippen MR) is 200 cm³/mol. The van der Waals surface area contributed by atoms with Gasteiger partial charge in [-0.1, -0.05) is 139 Å². The zero-order chi connectivity index (χ0) is 36.2. The van der Waals surface area contributed by atoms with E-state index in [0.717, 1.165) is 30.4 Å². The number of carbonyl (C=O) groups excluding carboxylic acids is 1. The molecule has 0 radical (unpaired) electrons. The Labute approximate surface area is 292 Å². The Kier molecular flexibility index (Phi) is 21.2. The molecule has 0 aromatic carbocycles. The quantitative estimate of drug-likeness (QED) is 0.112. The number of ether oxygens (including phenoxy) is 1. The van der Waals surface area contributed by atoms with Crippen LogP contribution in [0, 0.1) is 35.5 Å². The van der Waals surface area contributed by atoms with E-state index in [1.807, 2.05) is 83.2 Å². The molecule has 0 aliphatic carbocycles. The fourth-order valence-electron chi connectivity index (χ4n) is 5.25. The lowest BCUT2D eigenvalue weighted by Gasteiger charge is -2.28. The second-order valence-corrected chi connectivity index (χ2v) is 14.2. The van der Waals surface area contributed by atoms with Crippen LogP contribution in [0.25, 0.3) is 0 Å². The number of hydrogen-bond acceptors (Lipinski definition) is 6. The summed E-state index contributed by atoms with van der Waals surface area (Å²) in [5.74, 6) is -0.287. The molecule has 1 heterocycles. The molecule has 0 amide bonds. The third-order valence-corrected chi connectivity index (χ3v) is 9.39. The van der Waals surface area contributed by atoms with Gasteiger partial charge in [-0.3, -0.25) is 0 Å². The largest absolute Gasteiger partial charge is 0.459 e. The number of carbonyl (C=O) groups is 1. The van der Waals surface area contributed by atoms with Crippen LogP contribution in [0.2, 0.25) is 0 Å². The fourth-order valence-corrected chi connectivity index (χ4v) is 5.25. The van der Waals surface area contributed by atoms with Gasteiger partial charge in [-0.2, -0.15) is 0 Å². The second-order valence-electron chi connectivity index (χ2n) is 14.2. The highest BCUT2D eigenvalue weighted by Crippen LogP contribution is 2.25. The van der Waals surface area contributed by atoms with Crippen LogP contribution in [0.15, 0.2) is 96.2 Å². The van der Waals surface area contributed by atoms with Gasteiger partial charge in [-0.25, -0.2) is 4.79 Å². The smallest absolute Gasteiger partial charge is 0.330 e. The third kappa shape index (κ3) is 18.1. The maximum Gasteiger partial charge on any atom is 0.330 e. The third-order valence-electron chi connectivity index (χ3n) is 9.39. The molecule has 270 valence electrons. The van der Waals surface area contributed by atoms with Crippen LogP contribution < -0.4 is 0 Å². The summed E-state index contributed by atoms with van der Waals surface area (Å²) in [5, 5.41) is 42.5. The van der Waals surface area contributed by atoms with Crippen molar-refractivity contribution in [2.45, 2.75) is 125 Å². The summed E-state index contributed by atoms with van der Waals surface area (Å²) in [7, 11) is 0. The Bertz CT molecular complexity index is 1170. The second kappa shape index (κ2) is 23.6. The number of rotatable bonds is 9. The van der Waals surface area contributed by atoms with Gasteiger partial charge in [0.05, 0.1) is 24.4 Å². The SMILES string of the molecule is CCC(C)C(O)/C=C/C(C)=C/C=C/C(C)CC(C)C1CC(O)C(C)/C=C/C=C/C(C)C/C=C(\C)C(O)/C=C/CC(O)C(C)/C=C/C(=O)O1. The van der Waals surface area contributed by atoms with Crippen molar-refractivity contribution >= 4 is 5.97 Å². The van der Waals surface area contributed by atoms with Crippen molar-refractivity contribution < 1.29 is 30.0 Å². The number of aliphatic hydroxyl groups excluding tert-OH is 4. The first kappa shape index (κ1) is 43.3. The van der Waals surface area contributed by atoms with Crippen LogP contribution >= 0.6 is 0 Å². The summed E-state index contributed by atoms with van der Waals surface area (Å²) in [6, 6.07) is 0. The number of hydrogen-bond donors (Lipinski definition) is 4. The molecule has 0 saturated carbocycles. The van der Waals surface area contributed by atoms with Crippen LogP contribution in [-0.4, -0.2) is 56.9 Å². The number of cyclic esters (lactones) is 1. The minimum absolute atomic E-state index is 0.0224. The van der Waals surface area contributed by atoms with Crippen molar-refractivity contribution in [1.82, 2.24) is 0 Å². The van der Waals surface area contributed by atoms with Gasteiger partial charge < -0.3 is 25.2 Å². The van der Waals surface area contributed by atoms with Crippen LogP contribution in [-0.2, 0) is 9.53 Å². The van der Waals surface area contributed by atoms with E-state index in [9.17, 15) is 25.2 Å². The van der Waals surface area contributed by atoms with Gasteiger partial charge in [0.15, 0.2) is 0 Å². The van der Waals surface area contributed by atoms with Crippen molar-refractivity contribution in [2.24, 2.45) is 35.5 Å². The van der Waals surface area contributed by atoms with Crippen LogP contribution in [0.4, 0.5) is 0 Å². The lowest BCUT2D eigenvalue weighted by atomic mass is 9.87. The number of aliphatic hydroxyl groups is 4. The molecular formula is C42H66O6. The topological polar surface area (TPSA) is 107 Å². The minimum Gasteiger partial charge on any atom is -0.459 e. The first-order valence-electron chi connectivity index (χ1n) is 18.0. The summed E-state index contributed by atoms with van der Waals surface area (Å²) in [6.07, 6.45) is 26.5. The van der Waals surface area contributed by atoms with Crippen molar-refractivity contribution in [3.05, 3.63) is 96.2 Å². The van der Waals surface area contributed by atoms with Crippen LogP contribution in [0.5, 0.6) is 0 Å². The molecule has 11 unspecified atom stereocenters. The molecule has 0 aromatic heterocycles. The Balaban J connectivity index is 3.13. The summed E-state index contributed by atoms with van der Waals surface area (Å²) in [6.45, 7) is 18.1.